The van der Waals surface area contributed by atoms with Crippen molar-refractivity contribution < 1.29 is 69.6 Å². The average Bonchev–Trinajstić information content (AvgIpc) is 3.18. The smallest absolute Gasteiger partial charge is 0.253 e. The van der Waals surface area contributed by atoms with Gasteiger partial charge in [0.1, 0.15) is 0 Å². The van der Waals surface area contributed by atoms with Gasteiger partial charge in [0.25, 0.3) is 11.8 Å². The number of hydrogen-bond acceptors (Lipinski definition) is 14. The summed E-state index contributed by atoms with van der Waals surface area (Å²) in [6.07, 6.45) is -3.95. The minimum Gasteiger partial charge on any atom is -0.396 e. The lowest BCUT2D eigenvalue weighted by atomic mass is 9.95. The van der Waals surface area contributed by atoms with Crippen molar-refractivity contribution >= 4 is 182 Å². The number of benzene rings is 2. The van der Waals surface area contributed by atoms with Gasteiger partial charge in [-0.05, 0) is 142 Å². The quantitative estimate of drug-likeness (QED) is 0.0556. The number of ketones is 2. The molecule has 2 unspecified atom stereocenters. The highest BCUT2D eigenvalue weighted by Gasteiger charge is 2.36. The first-order valence-corrected chi connectivity index (χ1v) is 24.3. The number of carbonyl (C=O) groups is 6. The fourth-order valence-corrected chi connectivity index (χ4v) is 15.3. The average molecular weight is 1520 g/mol. The second kappa shape index (κ2) is 26.6. The number of anilines is 2. The van der Waals surface area contributed by atoms with Gasteiger partial charge in [0.15, 0.2) is 11.6 Å². The van der Waals surface area contributed by atoms with Gasteiger partial charge in [-0.25, -0.2) is 0 Å². The summed E-state index contributed by atoms with van der Waals surface area (Å²) < 4.78 is 1.08. The van der Waals surface area contributed by atoms with Crippen LogP contribution in [0, 0.1) is 27.3 Å². The first-order chi connectivity index (χ1) is 28.2. The molecule has 0 fully saturated rings. The number of halogens is 6. The van der Waals surface area contributed by atoms with Crippen molar-refractivity contribution in [3.63, 3.8) is 0 Å². The number of aliphatic hydroxyl groups is 8. The Morgan fingerprint density at radius 3 is 1.38 bits per heavy atom. The van der Waals surface area contributed by atoms with E-state index in [1.54, 1.807) is 67.8 Å². The minimum atomic E-state index is -1.82. The Hall–Kier alpha value is -0.280. The largest absolute Gasteiger partial charge is 0.396 e. The fraction of sp³-hybridized carbons (Fsp3) is 0.500. The van der Waals surface area contributed by atoms with E-state index in [0.29, 0.717) is 0 Å². The maximum Gasteiger partial charge on any atom is 0.253 e. The Labute approximate surface area is 427 Å². The van der Waals surface area contributed by atoms with Gasteiger partial charge in [-0.2, -0.15) is 0 Å². The molecule has 4 amide bonds. The standard InChI is InChI=1S/C36H44I6N4O14/c1-15(53)45(33-29(39)23(19(55)4-3-6-47)27(37)24(30(33)40)20(56)8-17(11-49)12-50)9-21(57)22(58)10-46(16(2)54)34-31(41)25(35(59)43-5-7-48)28(38)26(32(34)42)36(60)44-18(13-51)14-52/h17-18,21-22,47-52,57-58H,3-14H2,1-2H3,(H,43,59)(H,44,60). The number of carbonyl (C=O) groups excluding carboxylic acids is 6. The van der Waals surface area contributed by atoms with Crippen LogP contribution in [0.25, 0.3) is 0 Å². The third-order valence-electron chi connectivity index (χ3n) is 8.81. The van der Waals surface area contributed by atoms with Crippen LogP contribution in [0.15, 0.2) is 0 Å². The highest BCUT2D eigenvalue weighted by Crippen LogP contribution is 2.41. The van der Waals surface area contributed by atoms with E-state index in [9.17, 15) is 69.6 Å². The SMILES string of the molecule is CC(=O)N(CC(O)C(O)CN(C(C)=O)c1c(I)c(C(=O)NCCO)c(I)c(C(=O)NC(CO)CO)c1I)c1c(I)c(C(=O)CCCO)c(I)c(C(=O)CC(CO)CO)c1I. The van der Waals surface area contributed by atoms with Crippen LogP contribution in [-0.2, 0) is 9.59 Å². The zero-order valence-electron chi connectivity index (χ0n) is 32.0. The van der Waals surface area contributed by atoms with Crippen molar-refractivity contribution in [3.05, 3.63) is 43.7 Å². The van der Waals surface area contributed by atoms with Crippen LogP contribution in [-0.4, -0.2) is 154 Å². The summed E-state index contributed by atoms with van der Waals surface area (Å²) in [5, 5.41) is 85.6. The van der Waals surface area contributed by atoms with E-state index in [1.165, 1.54) is 0 Å². The molecular weight excluding hydrogens is 1470 g/mol. The number of amides is 4. The molecule has 0 aliphatic heterocycles. The minimum absolute atomic E-state index is 0.0115. The molecule has 60 heavy (non-hydrogen) atoms. The number of rotatable bonds is 23. The van der Waals surface area contributed by atoms with E-state index in [4.69, 9.17) is 0 Å². The summed E-state index contributed by atoms with van der Waals surface area (Å²) in [7, 11) is 0. The van der Waals surface area contributed by atoms with Gasteiger partial charge < -0.3 is 61.3 Å². The molecule has 24 heteroatoms. The zero-order valence-corrected chi connectivity index (χ0v) is 44.9. The van der Waals surface area contributed by atoms with E-state index in [-0.39, 0.29) is 87.5 Å². The summed E-state index contributed by atoms with van der Waals surface area (Å²) in [5.74, 6) is -4.72. The molecule has 0 aliphatic carbocycles. The highest BCUT2D eigenvalue weighted by molar-refractivity contribution is 14.1. The van der Waals surface area contributed by atoms with Gasteiger partial charge in [0.2, 0.25) is 11.8 Å². The summed E-state index contributed by atoms with van der Waals surface area (Å²) in [4.78, 5) is 83.4. The van der Waals surface area contributed by atoms with E-state index in [2.05, 4.69) is 10.6 Å². The van der Waals surface area contributed by atoms with Crippen LogP contribution in [0.3, 0.4) is 0 Å². The summed E-state index contributed by atoms with van der Waals surface area (Å²) in [6, 6.07) is -1.08. The van der Waals surface area contributed by atoms with Gasteiger partial charge in [-0.3, -0.25) is 28.8 Å². The maximum atomic E-state index is 13.8. The Bertz CT molecular complexity index is 1800. The predicted molar refractivity (Wildman–Crippen MR) is 269 cm³/mol. The predicted octanol–water partition coefficient (Wildman–Crippen LogP) is 1.38. The maximum absolute atomic E-state index is 13.8. The zero-order chi connectivity index (χ0) is 45.8. The lowest BCUT2D eigenvalue weighted by Gasteiger charge is -2.33. The van der Waals surface area contributed by atoms with Gasteiger partial charge >= 0.3 is 0 Å². The Morgan fingerprint density at radius 2 is 0.983 bits per heavy atom. The molecule has 0 aromatic heterocycles. The Kier molecular flexibility index (Phi) is 24.8. The normalized spacial score (nSPS) is 12.4. The molecule has 0 radical (unpaired) electrons. The third kappa shape index (κ3) is 13.9. The van der Waals surface area contributed by atoms with Crippen LogP contribution >= 0.6 is 136 Å². The molecule has 0 spiro atoms. The molecule has 2 aromatic carbocycles. The second-order valence-electron chi connectivity index (χ2n) is 13.1. The first-order valence-electron chi connectivity index (χ1n) is 17.8. The molecule has 334 valence electrons. The van der Waals surface area contributed by atoms with Gasteiger partial charge in [0, 0.05) is 84.4 Å². The van der Waals surface area contributed by atoms with E-state index in [0.717, 1.165) is 23.6 Å². The number of hydrogen-bond donors (Lipinski definition) is 10. The molecule has 2 aromatic rings. The molecule has 10 N–H and O–H groups in total. The van der Waals surface area contributed by atoms with Crippen LogP contribution in [0.2, 0.25) is 0 Å². The van der Waals surface area contributed by atoms with E-state index in [1.807, 2.05) is 67.8 Å². The van der Waals surface area contributed by atoms with Crippen molar-refractivity contribution in [2.24, 2.45) is 5.92 Å². The van der Waals surface area contributed by atoms with Crippen LogP contribution < -0.4 is 20.4 Å². The molecule has 2 rings (SSSR count). The number of nitrogens with one attached hydrogen (secondary N) is 2. The fourth-order valence-electron chi connectivity index (χ4n) is 5.62. The molecular formula is C36H44I6N4O14. The molecule has 0 heterocycles. The Morgan fingerprint density at radius 1 is 0.567 bits per heavy atom. The van der Waals surface area contributed by atoms with Gasteiger partial charge in [-0.15, -0.1) is 0 Å². The van der Waals surface area contributed by atoms with E-state index < -0.39 is 105 Å². The summed E-state index contributed by atoms with van der Waals surface area (Å²) in [6.45, 7) is -2.08. The molecule has 2 atom stereocenters. The third-order valence-corrected chi connectivity index (χ3v) is 15.2. The van der Waals surface area contributed by atoms with Crippen molar-refractivity contribution in [3.8, 4) is 0 Å². The molecule has 0 saturated heterocycles. The van der Waals surface area contributed by atoms with Crippen LogP contribution in [0.1, 0.15) is 74.5 Å². The highest BCUT2D eigenvalue weighted by atomic mass is 127. The monoisotopic (exact) mass is 1520 g/mol. The summed E-state index contributed by atoms with van der Waals surface area (Å²) in [5.41, 5.74) is -0.0376. The summed E-state index contributed by atoms with van der Waals surface area (Å²) >= 11 is 10.9. The van der Waals surface area contributed by atoms with Crippen molar-refractivity contribution in [1.82, 2.24) is 10.6 Å². The Balaban J connectivity index is 2.80. The lowest BCUT2D eigenvalue weighted by Crippen LogP contribution is -2.48. The van der Waals surface area contributed by atoms with Crippen LogP contribution in [0.5, 0.6) is 0 Å². The van der Waals surface area contributed by atoms with Crippen LogP contribution in [0.4, 0.5) is 11.4 Å². The van der Waals surface area contributed by atoms with Gasteiger partial charge in [0.05, 0.1) is 80.8 Å². The number of Topliss-reactive ketones (excluding diaryl/α,β-unsaturated/α-hetero) is 2. The number of aliphatic hydroxyl groups excluding tert-OH is 8. The first kappa shape index (κ1) is 55.9. The van der Waals surface area contributed by atoms with Crippen molar-refractivity contribution in [2.45, 2.75) is 51.4 Å². The molecule has 0 bridgehead atoms. The van der Waals surface area contributed by atoms with Gasteiger partial charge in [-0.1, -0.05) is 0 Å². The molecule has 18 nitrogen and oxygen atoms in total. The van der Waals surface area contributed by atoms with Crippen molar-refractivity contribution in [2.75, 3.05) is 69.1 Å². The lowest BCUT2D eigenvalue weighted by molar-refractivity contribution is -0.118. The molecule has 0 aliphatic rings. The van der Waals surface area contributed by atoms with E-state index >= 15 is 0 Å². The van der Waals surface area contributed by atoms with Crippen molar-refractivity contribution in [1.29, 1.82) is 0 Å². The number of nitrogens with zero attached hydrogens (tertiary/aromatic N) is 2. The topological polar surface area (TPSA) is 295 Å². The second-order valence-corrected chi connectivity index (χ2v) is 19.6. The molecule has 0 saturated carbocycles.